The van der Waals surface area contributed by atoms with Gasteiger partial charge in [0, 0.05) is 6.54 Å². The van der Waals surface area contributed by atoms with Crippen LogP contribution in [0.15, 0.2) is 29.2 Å². The fourth-order valence-corrected chi connectivity index (χ4v) is 3.77. The van der Waals surface area contributed by atoms with Gasteiger partial charge in [0.05, 0.1) is 37.2 Å². The molecule has 0 radical (unpaired) electrons. The SMILES string of the molecule is O=C(O)Cc1ccc(S(=O)(=O)N2CCOCC2CO)cc1. The standard InChI is InChI=1S/C13H17NO6S/c15-8-11-9-20-6-5-14(11)21(18,19)12-3-1-10(2-4-12)7-13(16)17/h1-4,11,15H,5-9H2,(H,16,17). The van der Waals surface area contributed by atoms with Crippen LogP contribution < -0.4 is 0 Å². The summed E-state index contributed by atoms with van der Waals surface area (Å²) in [6.45, 7) is 0.320. The molecule has 2 N–H and O–H groups in total. The highest BCUT2D eigenvalue weighted by atomic mass is 32.2. The first-order chi connectivity index (χ1) is 9.95. The molecule has 1 aliphatic rings. The summed E-state index contributed by atoms with van der Waals surface area (Å²) in [6, 6.07) is 5.14. The summed E-state index contributed by atoms with van der Waals surface area (Å²) in [4.78, 5) is 10.7. The van der Waals surface area contributed by atoms with Gasteiger partial charge in [-0.05, 0) is 17.7 Å². The smallest absolute Gasteiger partial charge is 0.307 e. The molecule has 0 amide bonds. The molecule has 1 aromatic rings. The Hall–Kier alpha value is -1.48. The topological polar surface area (TPSA) is 104 Å². The minimum atomic E-state index is -3.72. The number of morpholine rings is 1. The Labute approximate surface area is 122 Å². The largest absolute Gasteiger partial charge is 0.481 e. The Morgan fingerprint density at radius 3 is 2.57 bits per heavy atom. The summed E-state index contributed by atoms with van der Waals surface area (Å²) in [7, 11) is -3.72. The number of hydrogen-bond acceptors (Lipinski definition) is 5. The fraction of sp³-hybridized carbons (Fsp3) is 0.462. The molecule has 1 fully saturated rings. The van der Waals surface area contributed by atoms with Gasteiger partial charge in [-0.2, -0.15) is 4.31 Å². The molecule has 0 aromatic heterocycles. The molecule has 8 heteroatoms. The van der Waals surface area contributed by atoms with Crippen molar-refractivity contribution < 1.29 is 28.2 Å². The van der Waals surface area contributed by atoms with E-state index in [1.807, 2.05) is 0 Å². The number of ether oxygens (including phenoxy) is 1. The van der Waals surface area contributed by atoms with Crippen molar-refractivity contribution in [1.29, 1.82) is 0 Å². The van der Waals surface area contributed by atoms with E-state index in [1.165, 1.54) is 28.6 Å². The molecular formula is C13H17NO6S. The zero-order valence-corrected chi connectivity index (χ0v) is 12.1. The van der Waals surface area contributed by atoms with E-state index in [0.717, 1.165) is 0 Å². The van der Waals surface area contributed by atoms with E-state index in [2.05, 4.69) is 0 Å². The predicted octanol–water partition coefficient (Wildman–Crippen LogP) is -0.304. The van der Waals surface area contributed by atoms with E-state index < -0.39 is 22.0 Å². The number of benzene rings is 1. The van der Waals surface area contributed by atoms with Gasteiger partial charge in [-0.3, -0.25) is 4.79 Å². The number of rotatable bonds is 5. The molecule has 1 heterocycles. The van der Waals surface area contributed by atoms with Gasteiger partial charge < -0.3 is 14.9 Å². The van der Waals surface area contributed by atoms with E-state index in [0.29, 0.717) is 5.56 Å². The van der Waals surface area contributed by atoms with E-state index in [-0.39, 0.29) is 37.7 Å². The zero-order valence-electron chi connectivity index (χ0n) is 11.3. The third kappa shape index (κ3) is 3.59. The number of carboxylic acid groups (broad SMARTS) is 1. The van der Waals surface area contributed by atoms with Crippen molar-refractivity contribution in [3.05, 3.63) is 29.8 Å². The minimum Gasteiger partial charge on any atom is -0.481 e. The lowest BCUT2D eigenvalue weighted by Crippen LogP contribution is -2.50. The molecule has 116 valence electrons. The summed E-state index contributed by atoms with van der Waals surface area (Å²) in [6.07, 6.45) is -0.156. The number of aliphatic hydroxyl groups is 1. The summed E-state index contributed by atoms with van der Waals surface area (Å²) in [5.74, 6) is -0.973. The number of sulfonamides is 1. The first-order valence-corrected chi connectivity index (χ1v) is 7.90. The summed E-state index contributed by atoms with van der Waals surface area (Å²) < 4.78 is 31.5. The van der Waals surface area contributed by atoms with E-state index in [1.54, 1.807) is 0 Å². The first-order valence-electron chi connectivity index (χ1n) is 6.46. The molecule has 0 saturated carbocycles. The molecule has 1 aliphatic heterocycles. The number of carbonyl (C=O) groups is 1. The monoisotopic (exact) mass is 315 g/mol. The molecule has 0 spiro atoms. The van der Waals surface area contributed by atoms with Crippen LogP contribution in [0.3, 0.4) is 0 Å². The van der Waals surface area contributed by atoms with Crippen molar-refractivity contribution in [2.24, 2.45) is 0 Å². The lowest BCUT2D eigenvalue weighted by molar-refractivity contribution is -0.136. The van der Waals surface area contributed by atoms with Gasteiger partial charge in [0.2, 0.25) is 10.0 Å². The minimum absolute atomic E-state index is 0.0805. The van der Waals surface area contributed by atoms with Crippen LogP contribution in [0.5, 0.6) is 0 Å². The van der Waals surface area contributed by atoms with Crippen LogP contribution in [0, 0.1) is 0 Å². The molecule has 7 nitrogen and oxygen atoms in total. The fourth-order valence-electron chi connectivity index (χ4n) is 2.19. The lowest BCUT2D eigenvalue weighted by Gasteiger charge is -2.33. The molecular weight excluding hydrogens is 298 g/mol. The van der Waals surface area contributed by atoms with Crippen molar-refractivity contribution in [3.63, 3.8) is 0 Å². The van der Waals surface area contributed by atoms with Crippen molar-refractivity contribution in [2.75, 3.05) is 26.4 Å². The highest BCUT2D eigenvalue weighted by Crippen LogP contribution is 2.21. The van der Waals surface area contributed by atoms with E-state index >= 15 is 0 Å². The molecule has 0 bridgehead atoms. The Bertz CT molecular complexity index is 598. The number of carboxylic acids is 1. The first kappa shape index (κ1) is 15.9. The van der Waals surface area contributed by atoms with Gasteiger partial charge in [-0.25, -0.2) is 8.42 Å². The number of hydrogen-bond donors (Lipinski definition) is 2. The van der Waals surface area contributed by atoms with Crippen LogP contribution >= 0.6 is 0 Å². The number of nitrogens with zero attached hydrogens (tertiary/aromatic N) is 1. The van der Waals surface area contributed by atoms with Crippen LogP contribution in [0.4, 0.5) is 0 Å². The van der Waals surface area contributed by atoms with E-state index in [4.69, 9.17) is 9.84 Å². The Morgan fingerprint density at radius 2 is 2.00 bits per heavy atom. The molecule has 2 rings (SSSR count). The van der Waals surface area contributed by atoms with Crippen molar-refractivity contribution in [2.45, 2.75) is 17.4 Å². The number of aliphatic hydroxyl groups excluding tert-OH is 1. The summed E-state index contributed by atoms with van der Waals surface area (Å²) >= 11 is 0. The average molecular weight is 315 g/mol. The maximum absolute atomic E-state index is 12.5. The molecule has 21 heavy (non-hydrogen) atoms. The van der Waals surface area contributed by atoms with Gasteiger partial charge in [0.1, 0.15) is 0 Å². The van der Waals surface area contributed by atoms with Crippen molar-refractivity contribution >= 4 is 16.0 Å². The second kappa shape index (κ2) is 6.52. The molecule has 0 aliphatic carbocycles. The Morgan fingerprint density at radius 1 is 1.33 bits per heavy atom. The summed E-state index contributed by atoms with van der Waals surface area (Å²) in [5, 5.41) is 18.0. The third-order valence-electron chi connectivity index (χ3n) is 3.27. The normalized spacial score (nSPS) is 20.3. The van der Waals surface area contributed by atoms with Gasteiger partial charge in [-0.15, -0.1) is 0 Å². The summed E-state index contributed by atoms with van der Waals surface area (Å²) in [5.41, 5.74) is 0.530. The molecule has 1 unspecified atom stereocenters. The molecule has 1 saturated heterocycles. The van der Waals surface area contributed by atoms with Gasteiger partial charge in [0.15, 0.2) is 0 Å². The zero-order chi connectivity index (χ0) is 15.5. The van der Waals surface area contributed by atoms with Gasteiger partial charge in [0.25, 0.3) is 0 Å². The molecule has 1 atom stereocenters. The maximum Gasteiger partial charge on any atom is 0.307 e. The van der Waals surface area contributed by atoms with Crippen molar-refractivity contribution in [3.8, 4) is 0 Å². The van der Waals surface area contributed by atoms with E-state index in [9.17, 15) is 18.3 Å². The maximum atomic E-state index is 12.5. The quantitative estimate of drug-likeness (QED) is 0.773. The Kier molecular flexibility index (Phi) is 4.94. The van der Waals surface area contributed by atoms with Crippen LogP contribution in [0.1, 0.15) is 5.56 Å². The average Bonchev–Trinajstić information content (AvgIpc) is 2.47. The molecule has 1 aromatic carbocycles. The van der Waals surface area contributed by atoms with Crippen molar-refractivity contribution in [1.82, 2.24) is 4.31 Å². The van der Waals surface area contributed by atoms with Crippen LogP contribution in [0.25, 0.3) is 0 Å². The Balaban J connectivity index is 2.24. The second-order valence-corrected chi connectivity index (χ2v) is 6.63. The third-order valence-corrected chi connectivity index (χ3v) is 5.24. The van der Waals surface area contributed by atoms with Crippen LogP contribution in [-0.4, -0.2) is 61.3 Å². The number of aliphatic carboxylic acids is 1. The van der Waals surface area contributed by atoms with Crippen LogP contribution in [0.2, 0.25) is 0 Å². The highest BCUT2D eigenvalue weighted by Gasteiger charge is 2.33. The highest BCUT2D eigenvalue weighted by molar-refractivity contribution is 7.89. The second-order valence-electron chi connectivity index (χ2n) is 4.74. The van der Waals surface area contributed by atoms with Crippen LogP contribution in [-0.2, 0) is 26.0 Å². The predicted molar refractivity (Wildman–Crippen MR) is 73.4 cm³/mol. The van der Waals surface area contributed by atoms with Gasteiger partial charge in [-0.1, -0.05) is 12.1 Å². The lowest BCUT2D eigenvalue weighted by atomic mass is 10.2. The van der Waals surface area contributed by atoms with Gasteiger partial charge >= 0.3 is 5.97 Å².